The molecule has 2 aliphatic rings. The fourth-order valence-electron chi connectivity index (χ4n) is 4.13. The molecule has 2 aliphatic heterocycles. The molecule has 3 aromatic heterocycles. The van der Waals surface area contributed by atoms with Crippen molar-refractivity contribution in [3.63, 3.8) is 0 Å². The number of piperidine rings is 1. The highest BCUT2D eigenvalue weighted by Crippen LogP contribution is 2.45. The van der Waals surface area contributed by atoms with Crippen molar-refractivity contribution in [2.45, 2.75) is 18.9 Å². The first kappa shape index (κ1) is 24.3. The molecule has 3 aromatic rings. The van der Waals surface area contributed by atoms with Crippen LogP contribution in [0.4, 0.5) is 22.0 Å². The average Bonchev–Trinajstić information content (AvgIpc) is 3.24. The van der Waals surface area contributed by atoms with E-state index in [9.17, 15) is 14.4 Å². The Kier molecular flexibility index (Phi) is 7.37. The summed E-state index contributed by atoms with van der Waals surface area (Å²) in [5, 5.41) is 6.58. The maximum absolute atomic E-state index is 13.2. The number of thiophene rings is 1. The molecule has 35 heavy (non-hydrogen) atoms. The summed E-state index contributed by atoms with van der Waals surface area (Å²) in [6, 6.07) is 6.51. The van der Waals surface area contributed by atoms with Crippen molar-refractivity contribution < 1.29 is 19.1 Å². The van der Waals surface area contributed by atoms with Crippen LogP contribution in [-0.2, 0) is 9.53 Å². The molecule has 11 heteroatoms. The van der Waals surface area contributed by atoms with E-state index < -0.39 is 6.03 Å². The highest BCUT2D eigenvalue weighted by atomic mass is 32.1. The Balaban J connectivity index is 0.000000917. The van der Waals surface area contributed by atoms with E-state index in [2.05, 4.69) is 31.9 Å². The van der Waals surface area contributed by atoms with Crippen LogP contribution >= 0.6 is 11.3 Å². The smallest absolute Gasteiger partial charge is 0.332 e. The molecule has 0 saturated carbocycles. The van der Waals surface area contributed by atoms with Crippen LogP contribution in [0.3, 0.4) is 0 Å². The Labute approximate surface area is 206 Å². The normalized spacial score (nSPS) is 16.7. The molecule has 1 atom stereocenters. The van der Waals surface area contributed by atoms with Crippen molar-refractivity contribution in [1.29, 1.82) is 0 Å². The monoisotopic (exact) mass is 494 g/mol. The van der Waals surface area contributed by atoms with Gasteiger partial charge in [-0.3, -0.25) is 9.59 Å². The molecule has 0 aliphatic carbocycles. The zero-order valence-electron chi connectivity index (χ0n) is 19.5. The number of anilines is 3. The first-order chi connectivity index (χ1) is 17.0. The lowest BCUT2D eigenvalue weighted by atomic mass is 10.1. The van der Waals surface area contributed by atoms with Gasteiger partial charge in [-0.2, -0.15) is 0 Å². The maximum Gasteiger partial charge on any atom is 0.332 e. The Bertz CT molecular complexity index is 1260. The number of methoxy groups -OCH3 is 1. The summed E-state index contributed by atoms with van der Waals surface area (Å²) in [7, 11) is 3.25. The molecule has 10 nitrogen and oxygen atoms in total. The van der Waals surface area contributed by atoms with E-state index in [1.807, 2.05) is 0 Å². The first-order valence-electron chi connectivity index (χ1n) is 11.0. The molecule has 2 N–H and O–H groups in total. The van der Waals surface area contributed by atoms with Crippen LogP contribution in [0.25, 0.3) is 10.2 Å². The van der Waals surface area contributed by atoms with Crippen LogP contribution in [0.5, 0.6) is 0 Å². The van der Waals surface area contributed by atoms with Crippen LogP contribution in [0.1, 0.15) is 22.5 Å². The number of aromatic nitrogens is 2. The standard InChI is InChI=1S/C22H20N6O3S.C2H6O/c1-2-16(29)27-11-5-6-13(12-27)25-20(30)19-18-17-14(8-10-24-21(17)32-19)28(22(31)26-18)15-7-3-4-9-23-15;1-3-2/h2-4,7-10,13H,1,5-6,11-12H2,(H,25,30)(H,26,31);1-2H3/t13-;/m1./s1. The number of rotatable bonds is 4. The van der Waals surface area contributed by atoms with Crippen LogP contribution in [-0.4, -0.2) is 66.1 Å². The van der Waals surface area contributed by atoms with Gasteiger partial charge in [0.1, 0.15) is 15.5 Å². The molecule has 5 heterocycles. The molecule has 0 radical (unpaired) electrons. The molecular formula is C24H26N6O4S. The van der Waals surface area contributed by atoms with Crippen LogP contribution in [0.2, 0.25) is 0 Å². The van der Waals surface area contributed by atoms with Gasteiger partial charge < -0.3 is 20.3 Å². The number of carbonyl (C=O) groups excluding carboxylic acids is 3. The van der Waals surface area contributed by atoms with E-state index in [1.165, 1.54) is 22.3 Å². The molecule has 0 spiro atoms. The molecule has 1 fully saturated rings. The second-order valence-corrected chi connectivity index (χ2v) is 8.98. The minimum absolute atomic E-state index is 0.142. The predicted octanol–water partition coefficient (Wildman–Crippen LogP) is 3.54. The Morgan fingerprint density at radius 2 is 2.06 bits per heavy atom. The summed E-state index contributed by atoms with van der Waals surface area (Å²) in [5.41, 5.74) is 1.08. The highest BCUT2D eigenvalue weighted by Gasteiger charge is 2.34. The number of nitrogens with zero attached hydrogens (tertiary/aromatic N) is 4. The molecule has 5 rings (SSSR count). The van der Waals surface area contributed by atoms with Gasteiger partial charge in [-0.05, 0) is 37.1 Å². The van der Waals surface area contributed by atoms with Crippen LogP contribution in [0.15, 0.2) is 49.3 Å². The zero-order valence-corrected chi connectivity index (χ0v) is 20.3. The van der Waals surface area contributed by atoms with E-state index in [-0.39, 0.29) is 17.9 Å². The van der Waals surface area contributed by atoms with Gasteiger partial charge in [0.25, 0.3) is 5.91 Å². The van der Waals surface area contributed by atoms with E-state index in [1.54, 1.807) is 55.8 Å². The zero-order chi connectivity index (χ0) is 24.9. The molecule has 182 valence electrons. The maximum atomic E-state index is 13.2. The second-order valence-electron chi connectivity index (χ2n) is 7.98. The number of ether oxygens (including phenoxy) is 1. The number of hydrogen-bond acceptors (Lipinski definition) is 7. The Morgan fingerprint density at radius 1 is 1.26 bits per heavy atom. The number of hydrogen-bond donors (Lipinski definition) is 2. The second kappa shape index (κ2) is 10.6. The largest absolute Gasteiger partial charge is 0.388 e. The quantitative estimate of drug-likeness (QED) is 0.536. The van der Waals surface area contributed by atoms with Gasteiger partial charge in [0.05, 0.1) is 16.8 Å². The van der Waals surface area contributed by atoms with E-state index in [0.29, 0.717) is 45.4 Å². The van der Waals surface area contributed by atoms with Gasteiger partial charge in [0.15, 0.2) is 0 Å². The summed E-state index contributed by atoms with van der Waals surface area (Å²) in [4.78, 5) is 51.0. The van der Waals surface area contributed by atoms with Crippen molar-refractivity contribution >= 4 is 56.6 Å². The lowest BCUT2D eigenvalue weighted by Gasteiger charge is -2.32. The van der Waals surface area contributed by atoms with Crippen molar-refractivity contribution in [1.82, 2.24) is 20.2 Å². The van der Waals surface area contributed by atoms with Crippen molar-refractivity contribution in [2.24, 2.45) is 0 Å². The fraction of sp³-hybridized carbons (Fsp3) is 0.292. The third-order valence-corrected chi connectivity index (χ3v) is 6.67. The summed E-state index contributed by atoms with van der Waals surface area (Å²) in [6.45, 7) is 4.62. The third kappa shape index (κ3) is 4.86. The molecular weight excluding hydrogens is 468 g/mol. The Hall–Kier alpha value is -3.83. The summed E-state index contributed by atoms with van der Waals surface area (Å²) in [5.74, 6) is 0.0459. The van der Waals surface area contributed by atoms with E-state index in [4.69, 9.17) is 0 Å². The molecule has 4 amide bonds. The number of carbonyl (C=O) groups is 3. The lowest BCUT2D eigenvalue weighted by molar-refractivity contribution is -0.127. The molecule has 0 bridgehead atoms. The molecule has 0 aromatic carbocycles. The van der Waals surface area contributed by atoms with Gasteiger partial charge >= 0.3 is 6.03 Å². The predicted molar refractivity (Wildman–Crippen MR) is 135 cm³/mol. The lowest BCUT2D eigenvalue weighted by Crippen LogP contribution is -2.49. The van der Waals surface area contributed by atoms with Gasteiger partial charge in [-0.15, -0.1) is 11.3 Å². The van der Waals surface area contributed by atoms with Crippen LogP contribution < -0.4 is 15.5 Å². The van der Waals surface area contributed by atoms with Crippen molar-refractivity contribution in [3.8, 4) is 0 Å². The number of nitrogens with one attached hydrogen (secondary N) is 2. The van der Waals surface area contributed by atoms with Crippen molar-refractivity contribution in [3.05, 3.63) is 54.2 Å². The molecule has 0 unspecified atom stereocenters. The van der Waals surface area contributed by atoms with Crippen LogP contribution in [0, 0.1) is 0 Å². The summed E-state index contributed by atoms with van der Waals surface area (Å²) in [6.07, 6.45) is 6.10. The minimum Gasteiger partial charge on any atom is -0.388 e. The summed E-state index contributed by atoms with van der Waals surface area (Å²) < 4.78 is 4.25. The summed E-state index contributed by atoms with van der Waals surface area (Å²) >= 11 is 1.23. The number of urea groups is 1. The third-order valence-electron chi connectivity index (χ3n) is 5.57. The van der Waals surface area contributed by atoms with Gasteiger partial charge in [-0.25, -0.2) is 19.7 Å². The van der Waals surface area contributed by atoms with Gasteiger partial charge in [0.2, 0.25) is 5.91 Å². The number of amides is 4. The SMILES string of the molecule is C=CC(=O)N1CCC[C@@H](NC(=O)c2sc3nccc4c3c2NC(=O)N4c2ccccn2)C1.COC. The first-order valence-corrected chi connectivity index (χ1v) is 11.9. The van der Waals surface area contributed by atoms with Gasteiger partial charge in [-0.1, -0.05) is 12.6 Å². The van der Waals surface area contributed by atoms with Gasteiger partial charge in [0, 0.05) is 45.7 Å². The van der Waals surface area contributed by atoms with E-state index >= 15 is 0 Å². The average molecular weight is 495 g/mol. The fourth-order valence-corrected chi connectivity index (χ4v) is 5.16. The number of likely N-dealkylation sites (tertiary alicyclic amines) is 1. The Morgan fingerprint density at radius 3 is 2.77 bits per heavy atom. The topological polar surface area (TPSA) is 117 Å². The van der Waals surface area contributed by atoms with E-state index in [0.717, 1.165) is 12.8 Å². The number of pyridine rings is 2. The van der Waals surface area contributed by atoms with Crippen molar-refractivity contribution in [2.75, 3.05) is 37.5 Å². The minimum atomic E-state index is -0.392. The highest BCUT2D eigenvalue weighted by molar-refractivity contribution is 7.21. The molecule has 1 saturated heterocycles.